The maximum atomic E-state index is 8.71. The zero-order valence-corrected chi connectivity index (χ0v) is 9.39. The van der Waals surface area contributed by atoms with Crippen LogP contribution < -0.4 is 0 Å². The summed E-state index contributed by atoms with van der Waals surface area (Å²) in [6.07, 6.45) is 0.601. The van der Waals surface area contributed by atoms with Crippen molar-refractivity contribution in [3.8, 4) is 6.07 Å². The monoisotopic (exact) mass is 212 g/mol. The molecule has 2 nitrogen and oxygen atoms in total. The summed E-state index contributed by atoms with van der Waals surface area (Å²) >= 11 is 0. The predicted octanol–water partition coefficient (Wildman–Crippen LogP) is 2.59. The first kappa shape index (κ1) is 10.9. The van der Waals surface area contributed by atoms with Crippen LogP contribution in [0.25, 0.3) is 0 Å². The average Bonchev–Trinajstić information content (AvgIpc) is 2.61. The van der Waals surface area contributed by atoms with E-state index in [-0.39, 0.29) is 0 Å². The zero-order valence-electron chi connectivity index (χ0n) is 9.39. The third kappa shape index (κ3) is 2.50. The Morgan fingerprint density at radius 1 is 1.38 bits per heavy atom. The van der Waals surface area contributed by atoms with Crippen molar-refractivity contribution < 1.29 is 0 Å². The minimum absolute atomic E-state index is 0.369. The highest BCUT2D eigenvalue weighted by Gasteiger charge is 2.25. The van der Waals surface area contributed by atoms with E-state index in [9.17, 15) is 0 Å². The van der Waals surface area contributed by atoms with Crippen molar-refractivity contribution in [2.75, 3.05) is 13.1 Å². The Labute approximate surface area is 96.8 Å². The van der Waals surface area contributed by atoms with Gasteiger partial charge in [-0.15, -0.1) is 0 Å². The van der Waals surface area contributed by atoms with Crippen LogP contribution in [0.4, 0.5) is 0 Å². The van der Waals surface area contributed by atoms with Gasteiger partial charge in [-0.3, -0.25) is 4.90 Å². The maximum Gasteiger partial charge on any atom is 0.0628 e. The number of benzene rings is 1. The molecule has 1 unspecified atom stereocenters. The van der Waals surface area contributed by atoms with Crippen LogP contribution in [0.5, 0.6) is 0 Å². The van der Waals surface area contributed by atoms with Gasteiger partial charge in [0, 0.05) is 32.0 Å². The van der Waals surface area contributed by atoms with Crippen LogP contribution in [-0.2, 0) is 6.54 Å². The van der Waals surface area contributed by atoms with Gasteiger partial charge in [-0.2, -0.15) is 5.26 Å². The van der Waals surface area contributed by atoms with E-state index in [0.29, 0.717) is 12.3 Å². The summed E-state index contributed by atoms with van der Waals surface area (Å²) in [4.78, 5) is 2.36. The molecule has 1 saturated heterocycles. The number of nitriles is 1. The molecule has 1 aliphatic rings. The fourth-order valence-corrected chi connectivity index (χ4v) is 2.20. The van der Waals surface area contributed by atoms with E-state index in [0.717, 1.165) is 19.6 Å². The molecule has 1 fully saturated rings. The fraction of sp³-hybridized carbons (Fsp3) is 0.357. The number of hydrogen-bond donors (Lipinski definition) is 0. The molecular formula is C14H16N2. The molecule has 0 N–H and O–H groups in total. The second-order valence-corrected chi connectivity index (χ2v) is 4.37. The molecule has 0 aliphatic carbocycles. The van der Waals surface area contributed by atoms with Crippen molar-refractivity contribution >= 4 is 0 Å². The van der Waals surface area contributed by atoms with Crippen molar-refractivity contribution in [3.05, 3.63) is 48.0 Å². The summed E-state index contributed by atoms with van der Waals surface area (Å²) in [5.74, 6) is 0.369. The van der Waals surface area contributed by atoms with Crippen molar-refractivity contribution in [1.29, 1.82) is 5.26 Å². The topological polar surface area (TPSA) is 27.0 Å². The van der Waals surface area contributed by atoms with Gasteiger partial charge in [0.25, 0.3) is 0 Å². The summed E-state index contributed by atoms with van der Waals surface area (Å²) in [5.41, 5.74) is 2.53. The van der Waals surface area contributed by atoms with Crippen LogP contribution in [-0.4, -0.2) is 18.0 Å². The molecule has 2 heteroatoms. The van der Waals surface area contributed by atoms with Gasteiger partial charge < -0.3 is 0 Å². The zero-order chi connectivity index (χ0) is 11.4. The summed E-state index contributed by atoms with van der Waals surface area (Å²) in [6, 6.07) is 12.7. The maximum absolute atomic E-state index is 8.71. The number of hydrogen-bond acceptors (Lipinski definition) is 2. The Morgan fingerprint density at radius 2 is 2.12 bits per heavy atom. The van der Waals surface area contributed by atoms with Gasteiger partial charge in [-0.1, -0.05) is 42.5 Å². The molecule has 1 aromatic carbocycles. The Balaban J connectivity index is 1.94. The number of likely N-dealkylation sites (tertiary alicyclic amines) is 1. The first-order chi connectivity index (χ1) is 7.79. The first-order valence-electron chi connectivity index (χ1n) is 5.60. The fourth-order valence-electron chi connectivity index (χ4n) is 2.20. The van der Waals surface area contributed by atoms with Crippen LogP contribution in [0.15, 0.2) is 42.5 Å². The van der Waals surface area contributed by atoms with Gasteiger partial charge in [-0.05, 0) is 5.56 Å². The van der Waals surface area contributed by atoms with Gasteiger partial charge >= 0.3 is 0 Å². The van der Waals surface area contributed by atoms with E-state index >= 15 is 0 Å². The third-order valence-electron chi connectivity index (χ3n) is 3.07. The molecule has 0 saturated carbocycles. The Bertz CT molecular complexity index is 402. The second-order valence-electron chi connectivity index (χ2n) is 4.37. The van der Waals surface area contributed by atoms with Gasteiger partial charge in [0.2, 0.25) is 0 Å². The highest BCUT2D eigenvalue weighted by molar-refractivity contribution is 5.17. The molecule has 0 bridgehead atoms. The normalized spacial score (nSPS) is 20.9. The molecule has 0 aromatic heterocycles. The molecular weight excluding hydrogens is 196 g/mol. The number of rotatable bonds is 3. The van der Waals surface area contributed by atoms with Gasteiger partial charge in [0.15, 0.2) is 0 Å². The van der Waals surface area contributed by atoms with Crippen LogP contribution in [0.1, 0.15) is 12.0 Å². The summed E-state index contributed by atoms with van der Waals surface area (Å²) < 4.78 is 0. The van der Waals surface area contributed by atoms with Crippen LogP contribution in [0, 0.1) is 17.2 Å². The lowest BCUT2D eigenvalue weighted by Gasteiger charge is -2.14. The van der Waals surface area contributed by atoms with E-state index in [2.05, 4.69) is 41.8 Å². The molecule has 0 amide bonds. The van der Waals surface area contributed by atoms with Crippen LogP contribution >= 0.6 is 0 Å². The van der Waals surface area contributed by atoms with E-state index < -0.39 is 0 Å². The predicted molar refractivity (Wildman–Crippen MR) is 64.6 cm³/mol. The van der Waals surface area contributed by atoms with E-state index in [1.54, 1.807) is 0 Å². The third-order valence-corrected chi connectivity index (χ3v) is 3.07. The Hall–Kier alpha value is -1.59. The van der Waals surface area contributed by atoms with Gasteiger partial charge in [0.05, 0.1) is 6.07 Å². The molecule has 1 atom stereocenters. The molecule has 1 aromatic rings. The highest BCUT2D eigenvalue weighted by atomic mass is 15.1. The van der Waals surface area contributed by atoms with Crippen LogP contribution in [0.3, 0.4) is 0 Å². The molecule has 0 radical (unpaired) electrons. The van der Waals surface area contributed by atoms with Gasteiger partial charge in [0.1, 0.15) is 0 Å². The quantitative estimate of drug-likeness (QED) is 0.720. The summed E-state index contributed by atoms with van der Waals surface area (Å²) in [7, 11) is 0. The highest BCUT2D eigenvalue weighted by Crippen LogP contribution is 2.24. The molecule has 0 spiro atoms. The van der Waals surface area contributed by atoms with E-state index in [1.807, 2.05) is 6.07 Å². The SMILES string of the molecule is C=C1CN(Cc2ccccc2)CC1CC#N. The first-order valence-corrected chi connectivity index (χ1v) is 5.60. The lowest BCUT2D eigenvalue weighted by Crippen LogP contribution is -2.19. The van der Waals surface area contributed by atoms with E-state index in [4.69, 9.17) is 5.26 Å². The van der Waals surface area contributed by atoms with Crippen molar-refractivity contribution in [2.24, 2.45) is 5.92 Å². The molecule has 1 heterocycles. The van der Waals surface area contributed by atoms with Crippen LogP contribution in [0.2, 0.25) is 0 Å². The molecule has 16 heavy (non-hydrogen) atoms. The molecule has 2 rings (SSSR count). The number of nitrogens with zero attached hydrogens (tertiary/aromatic N) is 2. The lowest BCUT2D eigenvalue weighted by molar-refractivity contribution is 0.318. The largest absolute Gasteiger partial charge is 0.295 e. The second kappa shape index (κ2) is 4.96. The standard InChI is InChI=1S/C14H16N2/c1-12-9-16(11-14(12)7-8-15)10-13-5-3-2-4-6-13/h2-6,14H,1,7,9-11H2. The van der Waals surface area contributed by atoms with Crippen molar-refractivity contribution in [1.82, 2.24) is 4.90 Å². The summed E-state index contributed by atoms with van der Waals surface area (Å²) in [6.45, 7) is 6.92. The molecule has 82 valence electrons. The van der Waals surface area contributed by atoms with Crippen molar-refractivity contribution in [3.63, 3.8) is 0 Å². The Kier molecular flexibility index (Phi) is 3.38. The lowest BCUT2D eigenvalue weighted by atomic mass is 10.0. The minimum Gasteiger partial charge on any atom is -0.295 e. The smallest absolute Gasteiger partial charge is 0.0628 e. The van der Waals surface area contributed by atoms with Gasteiger partial charge in [-0.25, -0.2) is 0 Å². The van der Waals surface area contributed by atoms with E-state index in [1.165, 1.54) is 11.1 Å². The summed E-state index contributed by atoms with van der Waals surface area (Å²) in [5, 5.41) is 8.71. The Morgan fingerprint density at radius 3 is 2.81 bits per heavy atom. The average molecular weight is 212 g/mol. The molecule has 1 aliphatic heterocycles. The minimum atomic E-state index is 0.369. The van der Waals surface area contributed by atoms with Crippen molar-refractivity contribution in [2.45, 2.75) is 13.0 Å².